The predicted molar refractivity (Wildman–Crippen MR) is 239 cm³/mol. The number of fused-ring (bicyclic) bond motifs is 4. The van der Waals surface area contributed by atoms with Crippen molar-refractivity contribution in [2.75, 3.05) is 11.1 Å². The Balaban J connectivity index is 0.000000162. The molecule has 0 radical (unpaired) electrons. The van der Waals surface area contributed by atoms with Crippen LogP contribution in [0.1, 0.15) is 26.0 Å². The third-order valence-corrected chi connectivity index (χ3v) is 9.21. The molecule has 0 spiro atoms. The van der Waals surface area contributed by atoms with Gasteiger partial charge in [0.05, 0.1) is 22.2 Å². The number of rotatable bonds is 4. The Morgan fingerprint density at radius 1 is 0.576 bits per heavy atom. The summed E-state index contributed by atoms with van der Waals surface area (Å²) in [4.78, 5) is 32.1. The fourth-order valence-electron chi connectivity index (χ4n) is 6.25. The molecule has 0 aliphatic rings. The number of H-pyrrole nitrogens is 2. The zero-order valence-corrected chi connectivity index (χ0v) is 31.3. The van der Waals surface area contributed by atoms with Crippen LogP contribution in [-0.4, -0.2) is 30.4 Å². The first kappa shape index (κ1) is 41.1. The fraction of sp³-hybridized carbons (Fsp3) is 0.0870. The van der Waals surface area contributed by atoms with Crippen LogP contribution < -0.4 is 22.2 Å². The van der Waals surface area contributed by atoms with Crippen LogP contribution in [0.15, 0.2) is 152 Å². The maximum atomic E-state index is 12.0. The third-order valence-electron chi connectivity index (χ3n) is 9.05. The van der Waals surface area contributed by atoms with Crippen molar-refractivity contribution in [3.63, 3.8) is 0 Å². The van der Waals surface area contributed by atoms with E-state index >= 15 is 0 Å². The Hall–Kier alpha value is -7.57. The molecule has 4 heterocycles. The second kappa shape index (κ2) is 17.7. The van der Waals surface area contributed by atoms with Gasteiger partial charge in [-0.15, -0.1) is 0 Å². The Kier molecular flexibility index (Phi) is 12.3. The van der Waals surface area contributed by atoms with Gasteiger partial charge in [-0.25, -0.2) is 10.2 Å². The van der Waals surface area contributed by atoms with Crippen LogP contribution in [0.2, 0.25) is 5.35 Å². The van der Waals surface area contributed by atoms with Crippen molar-refractivity contribution in [3.05, 3.63) is 171 Å². The smallest absolute Gasteiger partial charge is 0.300 e. The van der Waals surface area contributed by atoms with Gasteiger partial charge in [-0.3, -0.25) is 9.59 Å². The number of aromatic amines is 2. The van der Waals surface area contributed by atoms with Gasteiger partial charge in [0.25, 0.3) is 22.5 Å². The molecule has 5 N–H and O–H groups in total. The Morgan fingerprint density at radius 2 is 1.03 bits per heavy atom. The van der Waals surface area contributed by atoms with Crippen LogP contribution in [0.5, 0.6) is 0 Å². The van der Waals surface area contributed by atoms with Gasteiger partial charge in [0.15, 0.2) is 11.2 Å². The molecule has 13 heteroatoms. The lowest BCUT2D eigenvalue weighted by molar-refractivity contribution is 0.604. The van der Waals surface area contributed by atoms with Crippen molar-refractivity contribution in [2.24, 2.45) is 0 Å². The van der Waals surface area contributed by atoms with Crippen molar-refractivity contribution < 1.29 is 8.83 Å². The van der Waals surface area contributed by atoms with Crippen molar-refractivity contribution in [1.82, 2.24) is 30.4 Å². The summed E-state index contributed by atoms with van der Waals surface area (Å²) in [6, 6.07) is 42.1. The molecule has 12 nitrogen and oxygen atoms in total. The molecule has 0 unspecified atom stereocenters. The SMILES string of the molecule is C.C.Cc1ccc2oc(Cl)nc2c1.Cc1ccc2oc(Nc3ccc(-c4n[nH]c(=O)c5ccccc45)cc3)nc2c1.Nc1ccc(-c2n[nH]c(=O)c3ccccc23)cc1. The van der Waals surface area contributed by atoms with Gasteiger partial charge in [0.2, 0.25) is 0 Å². The first-order valence-electron chi connectivity index (χ1n) is 17.8. The molecule has 4 aromatic heterocycles. The van der Waals surface area contributed by atoms with E-state index in [-0.39, 0.29) is 31.3 Å². The highest BCUT2D eigenvalue weighted by Gasteiger charge is 2.11. The lowest BCUT2D eigenvalue weighted by Gasteiger charge is -2.06. The minimum Gasteiger partial charge on any atom is -0.428 e. The van der Waals surface area contributed by atoms with Gasteiger partial charge in [-0.1, -0.05) is 87.6 Å². The summed E-state index contributed by atoms with van der Waals surface area (Å²) in [5.41, 5.74) is 15.6. The molecule has 0 aliphatic heterocycles. The van der Waals surface area contributed by atoms with Crippen molar-refractivity contribution >= 4 is 72.7 Å². The molecular formula is C46H41ClN8O4. The lowest BCUT2D eigenvalue weighted by atomic mass is 10.0. The molecule has 6 aromatic carbocycles. The molecular weight excluding hydrogens is 764 g/mol. The van der Waals surface area contributed by atoms with E-state index in [0.717, 1.165) is 72.3 Å². The maximum Gasteiger partial charge on any atom is 0.300 e. The number of nitrogens with zero attached hydrogens (tertiary/aromatic N) is 4. The highest BCUT2D eigenvalue weighted by Crippen LogP contribution is 2.28. The normalized spacial score (nSPS) is 10.6. The van der Waals surface area contributed by atoms with Crippen molar-refractivity contribution in [1.29, 1.82) is 0 Å². The summed E-state index contributed by atoms with van der Waals surface area (Å²) in [6.45, 7) is 4.02. The number of nitrogens with two attached hydrogens (primary N) is 1. The molecule has 0 saturated carbocycles. The van der Waals surface area contributed by atoms with E-state index in [1.54, 1.807) is 12.1 Å². The number of benzene rings is 6. The first-order valence-corrected chi connectivity index (χ1v) is 18.1. The number of nitrogen functional groups attached to an aromatic ring is 1. The molecule has 0 atom stereocenters. The summed E-state index contributed by atoms with van der Waals surface area (Å²) >= 11 is 5.56. The topological polar surface area (TPSA) is 182 Å². The summed E-state index contributed by atoms with van der Waals surface area (Å²) in [7, 11) is 0. The highest BCUT2D eigenvalue weighted by molar-refractivity contribution is 6.28. The number of aromatic nitrogens is 6. The number of anilines is 3. The number of halogens is 1. The predicted octanol–water partition coefficient (Wildman–Crippen LogP) is 11.0. The van der Waals surface area contributed by atoms with E-state index < -0.39 is 0 Å². The molecule has 0 amide bonds. The molecule has 0 fully saturated rings. The van der Waals surface area contributed by atoms with Gasteiger partial charge in [-0.2, -0.15) is 20.2 Å². The van der Waals surface area contributed by atoms with Crippen LogP contribution in [0.3, 0.4) is 0 Å². The Labute approximate surface area is 343 Å². The maximum absolute atomic E-state index is 12.0. The van der Waals surface area contributed by atoms with Gasteiger partial charge in [0, 0.05) is 33.3 Å². The molecule has 0 saturated heterocycles. The Morgan fingerprint density at radius 3 is 1.56 bits per heavy atom. The van der Waals surface area contributed by atoms with Crippen molar-refractivity contribution in [2.45, 2.75) is 28.7 Å². The third kappa shape index (κ3) is 9.03. The monoisotopic (exact) mass is 804 g/mol. The molecule has 296 valence electrons. The van der Waals surface area contributed by atoms with E-state index in [1.807, 2.05) is 135 Å². The summed E-state index contributed by atoms with van der Waals surface area (Å²) in [5.74, 6) is 0. The fourth-order valence-corrected chi connectivity index (χ4v) is 6.42. The molecule has 0 bridgehead atoms. The summed E-state index contributed by atoms with van der Waals surface area (Å²) in [6.07, 6.45) is 0. The number of aryl methyl sites for hydroxylation is 2. The molecule has 0 aliphatic carbocycles. The van der Waals surface area contributed by atoms with Crippen LogP contribution in [0.25, 0.3) is 66.3 Å². The van der Waals surface area contributed by atoms with Crippen LogP contribution >= 0.6 is 11.6 Å². The van der Waals surface area contributed by atoms with Gasteiger partial charge in [0.1, 0.15) is 11.0 Å². The van der Waals surface area contributed by atoms with Crippen LogP contribution in [-0.2, 0) is 0 Å². The number of hydrogen-bond donors (Lipinski definition) is 4. The quantitative estimate of drug-likeness (QED) is 0.125. The van der Waals surface area contributed by atoms with Crippen LogP contribution in [0.4, 0.5) is 17.4 Å². The number of hydrogen-bond acceptors (Lipinski definition) is 10. The Bertz CT molecular complexity index is 3150. The average Bonchev–Trinajstić information content (AvgIpc) is 3.80. The highest BCUT2D eigenvalue weighted by atomic mass is 35.5. The van der Waals surface area contributed by atoms with E-state index in [2.05, 4.69) is 35.7 Å². The standard InChI is InChI=1S/C22H16N4O2.C14H11N3O.C8H6ClNO.2CH4/c1-13-6-11-19-18(12-13)24-22(28-19)23-15-9-7-14(8-10-15)20-16-4-2-3-5-17(16)21(27)26-25-20;15-10-7-5-9(6-8-10)13-11-3-1-2-4-12(11)14(18)17-16-13;1-5-2-3-7-6(4-5)10-8(9)11-7;;/h2-12H,1H3,(H,23,24)(H,26,27);1-8H,15H2,(H,17,18);2-4H,1H3;2*1H4. The number of oxazole rings is 2. The molecule has 59 heavy (non-hydrogen) atoms. The largest absolute Gasteiger partial charge is 0.428 e. The second-order valence-corrected chi connectivity index (χ2v) is 13.5. The zero-order chi connectivity index (χ0) is 39.5. The average molecular weight is 805 g/mol. The van der Waals surface area contributed by atoms with E-state index in [4.69, 9.17) is 26.2 Å². The van der Waals surface area contributed by atoms with E-state index in [1.165, 1.54) is 0 Å². The molecule has 10 aromatic rings. The molecule has 10 rings (SSSR count). The van der Waals surface area contributed by atoms with E-state index in [9.17, 15) is 9.59 Å². The first-order chi connectivity index (χ1) is 27.7. The second-order valence-electron chi connectivity index (χ2n) is 13.1. The van der Waals surface area contributed by atoms with Crippen LogP contribution in [0, 0.1) is 13.8 Å². The van der Waals surface area contributed by atoms with Gasteiger partial charge in [-0.05, 0) is 97.2 Å². The minimum atomic E-state index is -0.191. The van der Waals surface area contributed by atoms with E-state index in [0.29, 0.717) is 22.5 Å². The lowest BCUT2D eigenvalue weighted by Crippen LogP contribution is -2.09. The summed E-state index contributed by atoms with van der Waals surface area (Å²) in [5, 5.41) is 19.8. The zero-order valence-electron chi connectivity index (χ0n) is 30.6. The summed E-state index contributed by atoms with van der Waals surface area (Å²) < 4.78 is 10.8. The van der Waals surface area contributed by atoms with Crippen molar-refractivity contribution in [3.8, 4) is 22.5 Å². The van der Waals surface area contributed by atoms with Gasteiger partial charge < -0.3 is 19.9 Å². The number of nitrogens with one attached hydrogen (secondary N) is 3. The van der Waals surface area contributed by atoms with Gasteiger partial charge >= 0.3 is 0 Å². The minimum absolute atomic E-state index is 0.